The van der Waals surface area contributed by atoms with Crippen LogP contribution in [0.2, 0.25) is 5.02 Å². The molecule has 0 fully saturated rings. The van der Waals surface area contributed by atoms with Gasteiger partial charge < -0.3 is 14.8 Å². The molecule has 0 aliphatic rings. The van der Waals surface area contributed by atoms with Gasteiger partial charge in [-0.1, -0.05) is 43.6 Å². The van der Waals surface area contributed by atoms with Crippen molar-refractivity contribution in [2.45, 2.75) is 33.4 Å². The molecule has 2 rings (SSSR count). The Labute approximate surface area is 147 Å². The minimum Gasteiger partial charge on any atom is -0.331 e. The Morgan fingerprint density at radius 1 is 1.33 bits per heavy atom. The zero-order valence-corrected chi connectivity index (χ0v) is 15.5. The molecular weight excluding hydrogens is 326 g/mol. The maximum atomic E-state index is 12.6. The van der Waals surface area contributed by atoms with Gasteiger partial charge in [0.05, 0.1) is 12.6 Å². The molecule has 0 spiro atoms. The second kappa shape index (κ2) is 7.66. The van der Waals surface area contributed by atoms with Crippen molar-refractivity contribution in [3.05, 3.63) is 46.5 Å². The Bertz CT molecular complexity index is 713. The molecule has 6 nitrogen and oxygen atoms in total. The highest BCUT2D eigenvalue weighted by molar-refractivity contribution is 6.31. The molecule has 1 aromatic carbocycles. The van der Waals surface area contributed by atoms with Gasteiger partial charge in [0.25, 0.3) is 0 Å². The zero-order valence-electron chi connectivity index (χ0n) is 14.7. The van der Waals surface area contributed by atoms with Crippen molar-refractivity contribution in [1.29, 1.82) is 0 Å². The summed E-state index contributed by atoms with van der Waals surface area (Å²) in [6, 6.07) is 7.26. The van der Waals surface area contributed by atoms with Gasteiger partial charge in [0.15, 0.2) is 5.82 Å². The summed E-state index contributed by atoms with van der Waals surface area (Å²) < 4.78 is 1.87. The van der Waals surface area contributed by atoms with Crippen LogP contribution in [0.3, 0.4) is 0 Å². The van der Waals surface area contributed by atoms with Crippen LogP contribution < -0.4 is 5.32 Å². The first-order chi connectivity index (χ1) is 11.3. The molecule has 0 aliphatic heterocycles. The van der Waals surface area contributed by atoms with Crippen LogP contribution in [0.4, 0.5) is 4.79 Å². The Morgan fingerprint density at radius 3 is 2.54 bits per heavy atom. The lowest BCUT2D eigenvalue weighted by molar-refractivity contribution is 0.197. The van der Waals surface area contributed by atoms with Crippen LogP contribution in [0, 0.1) is 12.8 Å². The molecule has 130 valence electrons. The SMILES string of the molecule is Cc1nnc(CN(C)C(=O)N[C@@H](c2ccccc2Cl)C(C)C)n1C. The predicted molar refractivity (Wildman–Crippen MR) is 94.8 cm³/mol. The Hall–Kier alpha value is -2.08. The normalized spacial score (nSPS) is 12.3. The number of hydrogen-bond donors (Lipinski definition) is 1. The van der Waals surface area contributed by atoms with Crippen LogP contribution in [0.1, 0.15) is 37.1 Å². The molecule has 0 radical (unpaired) electrons. The standard InChI is InChI=1S/C17H24ClN5O/c1-11(2)16(13-8-6-7-9-14(13)18)19-17(24)22(4)10-15-21-20-12(3)23(15)5/h6-9,11,16H,10H2,1-5H3,(H,19,24)/t16-/m1/s1. The molecule has 7 heteroatoms. The molecule has 1 atom stereocenters. The van der Waals surface area contributed by atoms with E-state index in [0.29, 0.717) is 11.6 Å². The topological polar surface area (TPSA) is 63.1 Å². The van der Waals surface area contributed by atoms with E-state index >= 15 is 0 Å². The lowest BCUT2D eigenvalue weighted by atomic mass is 9.96. The van der Waals surface area contributed by atoms with Crippen molar-refractivity contribution in [3.63, 3.8) is 0 Å². The number of halogens is 1. The quantitative estimate of drug-likeness (QED) is 0.900. The number of aryl methyl sites for hydroxylation is 1. The molecule has 1 N–H and O–H groups in total. The van der Waals surface area contributed by atoms with Gasteiger partial charge in [-0.2, -0.15) is 0 Å². The molecule has 0 unspecified atom stereocenters. The highest BCUT2D eigenvalue weighted by Gasteiger charge is 2.23. The summed E-state index contributed by atoms with van der Waals surface area (Å²) in [5, 5.41) is 11.8. The van der Waals surface area contributed by atoms with Crippen LogP contribution in [0.25, 0.3) is 0 Å². The number of nitrogens with zero attached hydrogens (tertiary/aromatic N) is 4. The fourth-order valence-electron chi connectivity index (χ4n) is 2.45. The second-order valence-corrected chi connectivity index (χ2v) is 6.68. The largest absolute Gasteiger partial charge is 0.331 e. The van der Waals surface area contributed by atoms with Gasteiger partial charge in [-0.25, -0.2) is 4.79 Å². The summed E-state index contributed by atoms with van der Waals surface area (Å²) in [6.45, 7) is 6.37. The van der Waals surface area contributed by atoms with Crippen molar-refractivity contribution in [3.8, 4) is 0 Å². The van der Waals surface area contributed by atoms with E-state index in [2.05, 4.69) is 29.4 Å². The number of rotatable bonds is 5. The third-order valence-corrected chi connectivity index (χ3v) is 4.44. The van der Waals surface area contributed by atoms with E-state index in [1.807, 2.05) is 42.8 Å². The second-order valence-electron chi connectivity index (χ2n) is 6.27. The van der Waals surface area contributed by atoms with Crippen LogP contribution in [0.5, 0.6) is 0 Å². The molecule has 2 aromatic rings. The number of nitrogens with one attached hydrogen (secondary N) is 1. The first kappa shape index (κ1) is 18.3. The average molecular weight is 350 g/mol. The third-order valence-electron chi connectivity index (χ3n) is 4.09. The van der Waals surface area contributed by atoms with Crippen LogP contribution in [0.15, 0.2) is 24.3 Å². The number of carbonyl (C=O) groups is 1. The number of benzene rings is 1. The van der Waals surface area contributed by atoms with Gasteiger partial charge in [-0.15, -0.1) is 10.2 Å². The average Bonchev–Trinajstić information content (AvgIpc) is 2.85. The number of aromatic nitrogens is 3. The number of hydrogen-bond acceptors (Lipinski definition) is 3. The zero-order chi connectivity index (χ0) is 17.9. The lowest BCUT2D eigenvalue weighted by Gasteiger charge is -2.27. The summed E-state index contributed by atoms with van der Waals surface area (Å²) >= 11 is 6.29. The Morgan fingerprint density at radius 2 is 2.00 bits per heavy atom. The minimum atomic E-state index is -0.172. The third kappa shape index (κ3) is 4.06. The minimum absolute atomic E-state index is 0.158. The van der Waals surface area contributed by atoms with E-state index in [1.54, 1.807) is 11.9 Å². The van der Waals surface area contributed by atoms with Crippen LogP contribution in [-0.4, -0.2) is 32.7 Å². The molecule has 24 heavy (non-hydrogen) atoms. The first-order valence-corrected chi connectivity index (χ1v) is 8.30. The van der Waals surface area contributed by atoms with Crippen molar-refractivity contribution < 1.29 is 4.79 Å². The van der Waals surface area contributed by atoms with E-state index in [9.17, 15) is 4.79 Å². The molecule has 0 bridgehead atoms. The highest BCUT2D eigenvalue weighted by Crippen LogP contribution is 2.28. The maximum absolute atomic E-state index is 12.6. The fourth-order valence-corrected chi connectivity index (χ4v) is 2.70. The van der Waals surface area contributed by atoms with Gasteiger partial charge in [-0.05, 0) is 24.5 Å². The highest BCUT2D eigenvalue weighted by atomic mass is 35.5. The smallest absolute Gasteiger partial charge is 0.318 e. The summed E-state index contributed by atoms with van der Waals surface area (Å²) in [5.41, 5.74) is 0.922. The van der Waals surface area contributed by atoms with Gasteiger partial charge >= 0.3 is 6.03 Å². The molecule has 0 saturated heterocycles. The molecule has 1 aromatic heterocycles. The van der Waals surface area contributed by atoms with E-state index < -0.39 is 0 Å². The predicted octanol–water partition coefficient (Wildman–Crippen LogP) is 3.32. The van der Waals surface area contributed by atoms with Crippen molar-refractivity contribution >= 4 is 17.6 Å². The number of urea groups is 1. The monoisotopic (exact) mass is 349 g/mol. The van der Waals surface area contributed by atoms with E-state index in [0.717, 1.165) is 17.2 Å². The van der Waals surface area contributed by atoms with Crippen molar-refractivity contribution in [1.82, 2.24) is 25.0 Å². The molecule has 2 amide bonds. The number of amides is 2. The van der Waals surface area contributed by atoms with Gasteiger partial charge in [-0.3, -0.25) is 0 Å². The van der Waals surface area contributed by atoms with Gasteiger partial charge in [0.1, 0.15) is 5.82 Å². The molecule has 0 saturated carbocycles. The number of carbonyl (C=O) groups excluding carboxylic acids is 1. The van der Waals surface area contributed by atoms with E-state index in [1.165, 1.54) is 0 Å². The maximum Gasteiger partial charge on any atom is 0.318 e. The van der Waals surface area contributed by atoms with Gasteiger partial charge in [0, 0.05) is 19.1 Å². The van der Waals surface area contributed by atoms with Crippen molar-refractivity contribution in [2.75, 3.05) is 7.05 Å². The van der Waals surface area contributed by atoms with E-state index in [-0.39, 0.29) is 18.0 Å². The summed E-state index contributed by atoms with van der Waals surface area (Å²) in [7, 11) is 3.63. The van der Waals surface area contributed by atoms with E-state index in [4.69, 9.17) is 11.6 Å². The van der Waals surface area contributed by atoms with Crippen molar-refractivity contribution in [2.24, 2.45) is 13.0 Å². The summed E-state index contributed by atoms with van der Waals surface area (Å²) in [4.78, 5) is 14.2. The lowest BCUT2D eigenvalue weighted by Crippen LogP contribution is -2.41. The Kier molecular flexibility index (Phi) is 5.83. The fraction of sp³-hybridized carbons (Fsp3) is 0.471. The molecule has 1 heterocycles. The summed E-state index contributed by atoms with van der Waals surface area (Å²) in [6.07, 6.45) is 0. The molecular formula is C17H24ClN5O. The van der Waals surface area contributed by atoms with Crippen LogP contribution >= 0.6 is 11.6 Å². The van der Waals surface area contributed by atoms with Crippen LogP contribution in [-0.2, 0) is 13.6 Å². The first-order valence-electron chi connectivity index (χ1n) is 7.92. The molecule has 0 aliphatic carbocycles. The van der Waals surface area contributed by atoms with Gasteiger partial charge in [0.2, 0.25) is 0 Å². The Balaban J connectivity index is 2.10. The summed E-state index contributed by atoms with van der Waals surface area (Å²) in [5.74, 6) is 1.76.